The Bertz CT molecular complexity index is 568. The van der Waals surface area contributed by atoms with Crippen LogP contribution < -0.4 is 10.6 Å². The van der Waals surface area contributed by atoms with E-state index in [2.05, 4.69) is 37.2 Å². The smallest absolute Gasteiger partial charge is 0.251 e. The van der Waals surface area contributed by atoms with Crippen molar-refractivity contribution in [2.75, 3.05) is 12.4 Å². The molecule has 0 aromatic carbocycles. The van der Waals surface area contributed by atoms with Crippen LogP contribution in [-0.2, 0) is 13.0 Å². The fourth-order valence-electron chi connectivity index (χ4n) is 1.76. The molecule has 2 N–H and O–H groups in total. The summed E-state index contributed by atoms with van der Waals surface area (Å²) in [6.45, 7) is 2.30. The van der Waals surface area contributed by atoms with Crippen molar-refractivity contribution < 1.29 is 9.32 Å². The molecule has 0 spiro atoms. The molecule has 0 bridgehead atoms. The second kappa shape index (κ2) is 6.65. The van der Waals surface area contributed by atoms with Crippen molar-refractivity contribution in [2.45, 2.75) is 26.3 Å². The zero-order valence-corrected chi connectivity index (χ0v) is 11.5. The number of aromatic nitrogens is 3. The predicted molar refractivity (Wildman–Crippen MR) is 73.2 cm³/mol. The van der Waals surface area contributed by atoms with Gasteiger partial charge in [0.2, 0.25) is 6.39 Å². The zero-order valence-electron chi connectivity index (χ0n) is 11.5. The quantitative estimate of drug-likeness (QED) is 0.827. The molecule has 0 radical (unpaired) electrons. The SMILES string of the molecule is CCCc1cc(C(=O)NCc2ncon2)cc(NC)n1. The molecule has 2 rings (SSSR count). The van der Waals surface area contributed by atoms with Gasteiger partial charge < -0.3 is 15.2 Å². The molecule has 0 atom stereocenters. The van der Waals surface area contributed by atoms with Gasteiger partial charge in [0.1, 0.15) is 5.82 Å². The lowest BCUT2D eigenvalue weighted by atomic mass is 10.1. The monoisotopic (exact) mass is 275 g/mol. The number of nitrogens with zero attached hydrogens (tertiary/aromatic N) is 3. The van der Waals surface area contributed by atoms with Crippen LogP contribution in [0.3, 0.4) is 0 Å². The van der Waals surface area contributed by atoms with E-state index in [4.69, 9.17) is 0 Å². The van der Waals surface area contributed by atoms with E-state index in [1.807, 2.05) is 0 Å². The summed E-state index contributed by atoms with van der Waals surface area (Å²) >= 11 is 0. The molecule has 0 fully saturated rings. The summed E-state index contributed by atoms with van der Waals surface area (Å²) in [6.07, 6.45) is 3.04. The van der Waals surface area contributed by atoms with Crippen LogP contribution in [0.4, 0.5) is 5.82 Å². The molecule has 0 unspecified atom stereocenters. The molecule has 106 valence electrons. The average Bonchev–Trinajstić information content (AvgIpc) is 2.98. The summed E-state index contributed by atoms with van der Waals surface area (Å²) in [5, 5.41) is 9.34. The number of nitrogens with one attached hydrogen (secondary N) is 2. The number of hydrogen-bond acceptors (Lipinski definition) is 6. The fraction of sp³-hybridized carbons (Fsp3) is 0.385. The third kappa shape index (κ3) is 3.53. The van der Waals surface area contributed by atoms with Gasteiger partial charge in [-0.3, -0.25) is 4.79 Å². The predicted octanol–water partition coefficient (Wildman–Crippen LogP) is 1.39. The summed E-state index contributed by atoms with van der Waals surface area (Å²) in [6, 6.07) is 3.51. The van der Waals surface area contributed by atoms with Gasteiger partial charge >= 0.3 is 0 Å². The van der Waals surface area contributed by atoms with E-state index >= 15 is 0 Å². The highest BCUT2D eigenvalue weighted by atomic mass is 16.5. The second-order valence-corrected chi connectivity index (χ2v) is 4.26. The van der Waals surface area contributed by atoms with Crippen LogP contribution in [0.5, 0.6) is 0 Å². The Morgan fingerprint density at radius 2 is 2.25 bits per heavy atom. The van der Waals surface area contributed by atoms with Crippen LogP contribution in [0.1, 0.15) is 35.2 Å². The maximum Gasteiger partial charge on any atom is 0.251 e. The van der Waals surface area contributed by atoms with E-state index in [9.17, 15) is 4.79 Å². The first-order valence-corrected chi connectivity index (χ1v) is 6.45. The summed E-state index contributed by atoms with van der Waals surface area (Å²) in [4.78, 5) is 20.4. The maximum absolute atomic E-state index is 12.1. The number of carbonyl (C=O) groups excluding carboxylic acids is 1. The molecular weight excluding hydrogens is 258 g/mol. The fourth-order valence-corrected chi connectivity index (χ4v) is 1.76. The Kier molecular flexibility index (Phi) is 4.65. The van der Waals surface area contributed by atoms with E-state index in [1.54, 1.807) is 19.2 Å². The minimum atomic E-state index is -0.189. The second-order valence-electron chi connectivity index (χ2n) is 4.26. The van der Waals surface area contributed by atoms with E-state index in [-0.39, 0.29) is 12.5 Å². The van der Waals surface area contributed by atoms with E-state index in [0.29, 0.717) is 17.2 Å². The first-order valence-electron chi connectivity index (χ1n) is 6.45. The summed E-state index contributed by atoms with van der Waals surface area (Å²) in [5.41, 5.74) is 1.46. The first-order chi connectivity index (χ1) is 9.72. The molecule has 2 aromatic heterocycles. The number of rotatable bonds is 6. The van der Waals surface area contributed by atoms with Crippen molar-refractivity contribution in [3.63, 3.8) is 0 Å². The van der Waals surface area contributed by atoms with Gasteiger partial charge in [0.05, 0.1) is 6.54 Å². The molecule has 1 amide bonds. The van der Waals surface area contributed by atoms with Gasteiger partial charge in [0.25, 0.3) is 5.91 Å². The van der Waals surface area contributed by atoms with Crippen LogP contribution in [0.15, 0.2) is 23.0 Å². The van der Waals surface area contributed by atoms with Gasteiger partial charge in [0.15, 0.2) is 5.82 Å². The van der Waals surface area contributed by atoms with Crippen molar-refractivity contribution in [1.82, 2.24) is 20.4 Å². The molecule has 0 saturated heterocycles. The molecule has 0 aliphatic heterocycles. The third-order valence-electron chi connectivity index (χ3n) is 2.72. The molecule has 0 aliphatic rings. The van der Waals surface area contributed by atoms with Crippen LogP contribution in [0.2, 0.25) is 0 Å². The van der Waals surface area contributed by atoms with Gasteiger partial charge in [-0.25, -0.2) is 4.98 Å². The van der Waals surface area contributed by atoms with Gasteiger partial charge in [0, 0.05) is 18.3 Å². The third-order valence-corrected chi connectivity index (χ3v) is 2.72. The van der Waals surface area contributed by atoms with E-state index in [0.717, 1.165) is 18.5 Å². The molecule has 20 heavy (non-hydrogen) atoms. The minimum absolute atomic E-state index is 0.189. The molecule has 2 aromatic rings. The van der Waals surface area contributed by atoms with Crippen LogP contribution in [0.25, 0.3) is 0 Å². The summed E-state index contributed by atoms with van der Waals surface area (Å²) < 4.78 is 4.61. The van der Waals surface area contributed by atoms with Crippen LogP contribution >= 0.6 is 0 Å². The van der Waals surface area contributed by atoms with Gasteiger partial charge in [-0.05, 0) is 18.6 Å². The highest BCUT2D eigenvalue weighted by Crippen LogP contribution is 2.12. The molecule has 2 heterocycles. The van der Waals surface area contributed by atoms with Gasteiger partial charge in [-0.15, -0.1) is 0 Å². The highest BCUT2D eigenvalue weighted by molar-refractivity contribution is 5.94. The zero-order chi connectivity index (χ0) is 14.4. The molecule has 0 aliphatic carbocycles. The Hall–Kier alpha value is -2.44. The summed E-state index contributed by atoms with van der Waals surface area (Å²) in [5.74, 6) is 0.932. The number of hydrogen-bond donors (Lipinski definition) is 2. The van der Waals surface area contributed by atoms with Gasteiger partial charge in [-0.2, -0.15) is 4.98 Å². The molecular formula is C13H17N5O2. The lowest BCUT2D eigenvalue weighted by Crippen LogP contribution is -2.23. The largest absolute Gasteiger partial charge is 0.373 e. The van der Waals surface area contributed by atoms with Crippen molar-refractivity contribution in [3.05, 3.63) is 35.6 Å². The van der Waals surface area contributed by atoms with Crippen molar-refractivity contribution >= 4 is 11.7 Å². The average molecular weight is 275 g/mol. The van der Waals surface area contributed by atoms with Crippen LogP contribution in [0, 0.1) is 0 Å². The number of anilines is 1. The van der Waals surface area contributed by atoms with Gasteiger partial charge in [-0.1, -0.05) is 18.5 Å². The lowest BCUT2D eigenvalue weighted by Gasteiger charge is -2.08. The Morgan fingerprint density at radius 3 is 2.90 bits per heavy atom. The Labute approximate surface area is 116 Å². The molecule has 7 heteroatoms. The lowest BCUT2D eigenvalue weighted by molar-refractivity contribution is 0.0949. The van der Waals surface area contributed by atoms with Crippen molar-refractivity contribution in [1.29, 1.82) is 0 Å². The molecule has 0 saturated carbocycles. The van der Waals surface area contributed by atoms with E-state index in [1.165, 1.54) is 6.39 Å². The normalized spacial score (nSPS) is 10.3. The van der Waals surface area contributed by atoms with Crippen molar-refractivity contribution in [3.8, 4) is 0 Å². The highest BCUT2D eigenvalue weighted by Gasteiger charge is 2.10. The number of amides is 1. The number of pyridine rings is 1. The maximum atomic E-state index is 12.1. The molecule has 7 nitrogen and oxygen atoms in total. The first kappa shape index (κ1) is 14.0. The minimum Gasteiger partial charge on any atom is -0.373 e. The van der Waals surface area contributed by atoms with Crippen molar-refractivity contribution in [2.24, 2.45) is 0 Å². The van der Waals surface area contributed by atoms with Crippen LogP contribution in [-0.4, -0.2) is 28.1 Å². The number of carbonyl (C=O) groups is 1. The number of aryl methyl sites for hydroxylation is 1. The topological polar surface area (TPSA) is 92.9 Å². The standard InChI is InChI=1S/C13H17N5O2/c1-3-4-10-5-9(6-11(14-2)17-10)13(19)15-7-12-16-8-20-18-12/h5-6,8H,3-4,7H2,1-2H3,(H,14,17)(H,15,19). The van der Waals surface area contributed by atoms with E-state index < -0.39 is 0 Å². The Balaban J connectivity index is 2.09. The summed E-state index contributed by atoms with van der Waals surface area (Å²) in [7, 11) is 1.78. The Morgan fingerprint density at radius 1 is 1.40 bits per heavy atom.